The zero-order valence-corrected chi connectivity index (χ0v) is 30.4. The van der Waals surface area contributed by atoms with Crippen LogP contribution in [0.25, 0.3) is 5.57 Å². The van der Waals surface area contributed by atoms with Crippen LogP contribution in [-0.4, -0.2) is 88.4 Å². The van der Waals surface area contributed by atoms with Crippen LogP contribution in [0.2, 0.25) is 20.1 Å². The molecule has 3 aliphatic rings. The Bertz CT molecular complexity index is 1670. The van der Waals surface area contributed by atoms with Gasteiger partial charge in [0.1, 0.15) is 16.8 Å². The van der Waals surface area contributed by atoms with E-state index in [2.05, 4.69) is 10.6 Å². The monoisotopic (exact) mass is 754 g/mol. The van der Waals surface area contributed by atoms with E-state index < -0.39 is 17.0 Å². The first kappa shape index (κ1) is 38.3. The van der Waals surface area contributed by atoms with Crippen molar-refractivity contribution in [3.05, 3.63) is 73.4 Å². The number of benzene rings is 2. The van der Waals surface area contributed by atoms with Crippen LogP contribution in [0.3, 0.4) is 0 Å². The van der Waals surface area contributed by atoms with Gasteiger partial charge in [-0.2, -0.15) is 0 Å². The summed E-state index contributed by atoms with van der Waals surface area (Å²) in [5, 5.41) is 18.1. The number of amides is 4. The van der Waals surface area contributed by atoms with Gasteiger partial charge < -0.3 is 30.3 Å². The number of piperidine rings is 2. The number of halogens is 4. The van der Waals surface area contributed by atoms with E-state index in [0.717, 1.165) is 0 Å². The van der Waals surface area contributed by atoms with Crippen LogP contribution in [0.5, 0.6) is 0 Å². The highest BCUT2D eigenvalue weighted by Crippen LogP contribution is 2.40. The third-order valence-electron chi connectivity index (χ3n) is 9.01. The van der Waals surface area contributed by atoms with Crippen molar-refractivity contribution in [3.8, 4) is 0 Å². The lowest BCUT2D eigenvalue weighted by Crippen LogP contribution is -2.61. The lowest BCUT2D eigenvalue weighted by molar-refractivity contribution is -0.157. The molecule has 3 N–H and O–H groups in total. The van der Waals surface area contributed by atoms with Crippen molar-refractivity contribution in [2.24, 2.45) is 0 Å². The summed E-state index contributed by atoms with van der Waals surface area (Å²) in [5.41, 5.74) is -0.687. The Morgan fingerprint density at radius 3 is 1.90 bits per heavy atom. The van der Waals surface area contributed by atoms with Crippen molar-refractivity contribution in [2.75, 3.05) is 32.8 Å². The van der Waals surface area contributed by atoms with Gasteiger partial charge in [0.15, 0.2) is 0 Å². The molecule has 15 heteroatoms. The Balaban J connectivity index is 0.000000222. The minimum absolute atomic E-state index is 0.00470. The molecule has 0 bridgehead atoms. The fraction of sp³-hybridized carbons (Fsp3) is 0.441. The van der Waals surface area contributed by atoms with E-state index >= 15 is 0 Å². The Morgan fingerprint density at radius 2 is 1.39 bits per heavy atom. The van der Waals surface area contributed by atoms with Gasteiger partial charge >= 0.3 is 5.97 Å². The molecule has 4 amide bonds. The fourth-order valence-corrected chi connectivity index (χ4v) is 7.17. The summed E-state index contributed by atoms with van der Waals surface area (Å²) < 4.78 is 5.17. The molecule has 0 atom stereocenters. The number of esters is 1. The highest BCUT2D eigenvalue weighted by molar-refractivity contribution is 6.38. The second-order valence-corrected chi connectivity index (χ2v) is 13.8. The quantitative estimate of drug-likeness (QED) is 0.337. The number of likely N-dealkylation sites (tertiary alicyclic amines) is 2. The van der Waals surface area contributed by atoms with Crippen LogP contribution in [0.15, 0.2) is 42.2 Å². The number of hydrogen-bond donors (Lipinski definition) is 3. The van der Waals surface area contributed by atoms with Crippen molar-refractivity contribution in [3.63, 3.8) is 0 Å². The summed E-state index contributed by atoms with van der Waals surface area (Å²) in [6.07, 6.45) is 1.59. The number of ether oxygens (including phenoxy) is 1. The predicted molar refractivity (Wildman–Crippen MR) is 188 cm³/mol. The number of carbonyl (C=O) groups excluding carboxylic acids is 5. The molecule has 0 aliphatic carbocycles. The largest absolute Gasteiger partial charge is 0.509 e. The third kappa shape index (κ3) is 8.81. The second-order valence-electron chi connectivity index (χ2n) is 12.2. The minimum atomic E-state index is -1.13. The normalized spacial score (nSPS) is 18.0. The number of nitrogens with one attached hydrogen (secondary N) is 2. The molecule has 3 aliphatic heterocycles. The van der Waals surface area contributed by atoms with Gasteiger partial charge in [0.05, 0.1) is 23.6 Å². The first-order chi connectivity index (χ1) is 23.1. The average molecular weight is 757 g/mol. The molecule has 2 fully saturated rings. The van der Waals surface area contributed by atoms with Crippen LogP contribution in [0.1, 0.15) is 57.6 Å². The van der Waals surface area contributed by atoms with E-state index in [-0.39, 0.29) is 48.0 Å². The van der Waals surface area contributed by atoms with Gasteiger partial charge in [-0.05, 0) is 62.4 Å². The van der Waals surface area contributed by atoms with Crippen LogP contribution in [0, 0.1) is 0 Å². The van der Waals surface area contributed by atoms with Gasteiger partial charge in [-0.1, -0.05) is 58.5 Å². The molecule has 264 valence electrons. The summed E-state index contributed by atoms with van der Waals surface area (Å²) in [5.74, 6) is -1.23. The smallest absolute Gasteiger partial charge is 0.331 e. The van der Waals surface area contributed by atoms with E-state index in [1.54, 1.807) is 47.1 Å². The Labute approximate surface area is 304 Å². The highest BCUT2D eigenvalue weighted by Gasteiger charge is 2.48. The summed E-state index contributed by atoms with van der Waals surface area (Å²) in [7, 11) is 0. The van der Waals surface area contributed by atoms with E-state index in [1.807, 2.05) is 0 Å². The zero-order chi connectivity index (χ0) is 36.1. The highest BCUT2D eigenvalue weighted by atomic mass is 35.5. The molecule has 0 saturated carbocycles. The standard InChI is InChI=1S/C18H22Cl2N2O4.C16H16Cl2N2O3/c1-3-26-17(25)18(6-8-22(9-7-18)12(2)23)21-16(24)10-13-4-5-14(19)11-15(13)20;1-9(21)20-6-4-16(5-7-20)14(22)13(15(23)19-16)11-3-2-10(17)8-12(11)18/h4-5,11H,3,6-10H2,1-2H3,(H,21,24);2-3,8,22H,4-7H2,1H3,(H,19,23). The molecular formula is C34H38Cl4N4O7. The van der Waals surface area contributed by atoms with Gasteiger partial charge in [0.25, 0.3) is 5.91 Å². The van der Waals surface area contributed by atoms with E-state index in [0.29, 0.717) is 83.1 Å². The van der Waals surface area contributed by atoms with Crippen LogP contribution >= 0.6 is 46.4 Å². The minimum Gasteiger partial charge on any atom is -0.509 e. The number of aliphatic hydroxyl groups is 1. The molecule has 5 rings (SSSR count). The maximum absolute atomic E-state index is 12.6. The third-order valence-corrected chi connectivity index (χ3v) is 10.1. The number of rotatable bonds is 6. The maximum atomic E-state index is 12.6. The zero-order valence-electron chi connectivity index (χ0n) is 27.3. The molecular weight excluding hydrogens is 718 g/mol. The molecule has 2 aromatic carbocycles. The fourth-order valence-electron chi connectivity index (χ4n) is 6.19. The number of aliphatic hydroxyl groups excluding tert-OH is 1. The molecule has 1 spiro atoms. The summed E-state index contributed by atoms with van der Waals surface area (Å²) in [6.45, 7) is 6.68. The van der Waals surface area contributed by atoms with Crippen molar-refractivity contribution in [1.82, 2.24) is 20.4 Å². The Kier molecular flexibility index (Phi) is 12.5. The molecule has 0 radical (unpaired) electrons. The Hall–Kier alpha value is -3.51. The summed E-state index contributed by atoms with van der Waals surface area (Å²) >= 11 is 24.0. The van der Waals surface area contributed by atoms with Gasteiger partial charge in [0, 0.05) is 60.7 Å². The van der Waals surface area contributed by atoms with Crippen molar-refractivity contribution >= 4 is 81.6 Å². The number of hydrogen-bond acceptors (Lipinski definition) is 7. The van der Waals surface area contributed by atoms with Crippen molar-refractivity contribution in [1.29, 1.82) is 0 Å². The topological polar surface area (TPSA) is 145 Å². The van der Waals surface area contributed by atoms with E-state index in [1.165, 1.54) is 19.9 Å². The summed E-state index contributed by atoms with van der Waals surface area (Å²) in [6, 6.07) is 9.69. The molecule has 2 saturated heterocycles. The average Bonchev–Trinajstić information content (AvgIpc) is 3.27. The number of nitrogens with zero attached hydrogens (tertiary/aromatic N) is 2. The first-order valence-corrected chi connectivity index (χ1v) is 17.3. The SMILES string of the molecule is CC(=O)N1CCC2(CC1)NC(=O)C(c1ccc(Cl)cc1Cl)=C2O.CCOC(=O)C1(NC(=O)Cc2ccc(Cl)cc2Cl)CCN(C(C)=O)CC1. The molecule has 0 aromatic heterocycles. The lowest BCUT2D eigenvalue weighted by atomic mass is 9.85. The molecule has 49 heavy (non-hydrogen) atoms. The molecule has 2 aromatic rings. The first-order valence-electron chi connectivity index (χ1n) is 15.8. The van der Waals surface area contributed by atoms with Crippen molar-refractivity contribution in [2.45, 2.75) is 64.0 Å². The van der Waals surface area contributed by atoms with Crippen LogP contribution < -0.4 is 10.6 Å². The molecule has 0 unspecified atom stereocenters. The van der Waals surface area contributed by atoms with Crippen LogP contribution in [-0.2, 0) is 35.1 Å². The van der Waals surface area contributed by atoms with Gasteiger partial charge in [-0.25, -0.2) is 4.79 Å². The number of carbonyl (C=O) groups is 5. The Morgan fingerprint density at radius 1 is 0.857 bits per heavy atom. The predicted octanol–water partition coefficient (Wildman–Crippen LogP) is 5.37. The molecule has 11 nitrogen and oxygen atoms in total. The van der Waals surface area contributed by atoms with E-state index in [4.69, 9.17) is 51.1 Å². The molecule has 3 heterocycles. The van der Waals surface area contributed by atoms with E-state index in [9.17, 15) is 29.1 Å². The lowest BCUT2D eigenvalue weighted by Gasteiger charge is -2.40. The van der Waals surface area contributed by atoms with Gasteiger partial charge in [0.2, 0.25) is 17.7 Å². The second kappa shape index (κ2) is 16.0. The van der Waals surface area contributed by atoms with Gasteiger partial charge in [-0.15, -0.1) is 0 Å². The summed E-state index contributed by atoms with van der Waals surface area (Å²) in [4.78, 5) is 63.8. The van der Waals surface area contributed by atoms with Crippen LogP contribution in [0.4, 0.5) is 0 Å². The van der Waals surface area contributed by atoms with Gasteiger partial charge in [-0.3, -0.25) is 19.2 Å². The van der Waals surface area contributed by atoms with Crippen molar-refractivity contribution < 1.29 is 33.8 Å². The maximum Gasteiger partial charge on any atom is 0.331 e.